The molecular weight excluding hydrogens is 608 g/mol. The average molecular weight is 639 g/mol. The lowest BCUT2D eigenvalue weighted by Crippen LogP contribution is -2.49. The van der Waals surface area contributed by atoms with Gasteiger partial charge in [0, 0.05) is 67.1 Å². The molecule has 0 saturated carbocycles. The summed E-state index contributed by atoms with van der Waals surface area (Å²) in [5, 5.41) is 10.3. The largest absolute Gasteiger partial charge is 0.494 e. The quantitative estimate of drug-likeness (QED) is 0.250. The Hall–Kier alpha value is -4.98. The number of methoxy groups -OCH3 is 1. The predicted octanol–water partition coefficient (Wildman–Crippen LogP) is 5.74. The second kappa shape index (κ2) is 12.4. The van der Waals surface area contributed by atoms with Gasteiger partial charge >= 0.3 is 12.2 Å². The molecule has 0 bridgehead atoms. The number of benzene rings is 3. The third-order valence-corrected chi connectivity index (χ3v) is 8.27. The Morgan fingerprint density at radius 1 is 1.07 bits per heavy atom. The van der Waals surface area contributed by atoms with E-state index in [2.05, 4.69) is 15.5 Å². The minimum absolute atomic E-state index is 0.0744. The summed E-state index contributed by atoms with van der Waals surface area (Å²) in [5.74, 6) is -1.17. The summed E-state index contributed by atoms with van der Waals surface area (Å²) >= 11 is 0. The number of rotatable bonds is 7. The molecule has 0 aliphatic carbocycles. The Morgan fingerprint density at radius 3 is 2.54 bits per heavy atom. The molecule has 3 aromatic carbocycles. The fourth-order valence-electron chi connectivity index (χ4n) is 5.78. The van der Waals surface area contributed by atoms with Crippen LogP contribution < -0.4 is 20.3 Å². The number of imide groups is 1. The van der Waals surface area contributed by atoms with Crippen molar-refractivity contribution in [3.8, 4) is 5.75 Å². The SMILES string of the molecule is COc1cc2nn(C3CCN(Cc4ccc(N5CCC(=O)NC5=O)cc4F)CC3)cc2cc1NC(=O)c1cccc(C(F)(F)F)c1. The van der Waals surface area contributed by atoms with E-state index in [1.165, 1.54) is 30.2 Å². The van der Waals surface area contributed by atoms with Crippen molar-refractivity contribution in [1.29, 1.82) is 0 Å². The Morgan fingerprint density at radius 2 is 1.85 bits per heavy atom. The molecule has 2 fully saturated rings. The number of anilines is 2. The van der Waals surface area contributed by atoms with Crippen molar-refractivity contribution >= 4 is 40.1 Å². The Labute approximate surface area is 260 Å². The molecule has 14 heteroatoms. The molecule has 0 radical (unpaired) electrons. The zero-order chi connectivity index (χ0) is 32.6. The molecule has 10 nitrogen and oxygen atoms in total. The molecule has 4 amide bonds. The lowest BCUT2D eigenvalue weighted by molar-refractivity contribution is -0.137. The Kier molecular flexibility index (Phi) is 8.38. The van der Waals surface area contributed by atoms with E-state index in [0.29, 0.717) is 47.8 Å². The van der Waals surface area contributed by atoms with Crippen LogP contribution in [-0.4, -0.2) is 59.3 Å². The van der Waals surface area contributed by atoms with Crippen molar-refractivity contribution in [2.24, 2.45) is 0 Å². The van der Waals surface area contributed by atoms with E-state index in [4.69, 9.17) is 9.84 Å². The predicted molar refractivity (Wildman–Crippen MR) is 161 cm³/mol. The summed E-state index contributed by atoms with van der Waals surface area (Å²) in [4.78, 5) is 39.8. The van der Waals surface area contributed by atoms with Gasteiger partial charge in [0.25, 0.3) is 5.91 Å². The van der Waals surface area contributed by atoms with Crippen LogP contribution in [0.1, 0.15) is 46.8 Å². The molecule has 6 rings (SSSR count). The number of hydrogen-bond acceptors (Lipinski definition) is 6. The maximum Gasteiger partial charge on any atom is 0.416 e. The fraction of sp³-hybridized carbons (Fsp3) is 0.312. The summed E-state index contributed by atoms with van der Waals surface area (Å²) in [7, 11) is 1.43. The van der Waals surface area contributed by atoms with Crippen molar-refractivity contribution in [3.63, 3.8) is 0 Å². The molecule has 3 heterocycles. The second-order valence-corrected chi connectivity index (χ2v) is 11.3. The Balaban J connectivity index is 1.10. The maximum atomic E-state index is 15.0. The summed E-state index contributed by atoms with van der Waals surface area (Å²) < 4.78 is 61.7. The number of carbonyl (C=O) groups excluding carboxylic acids is 3. The highest BCUT2D eigenvalue weighted by molar-refractivity contribution is 6.06. The number of alkyl halides is 3. The van der Waals surface area contributed by atoms with Gasteiger partial charge in [0.1, 0.15) is 11.6 Å². The monoisotopic (exact) mass is 638 g/mol. The van der Waals surface area contributed by atoms with Gasteiger partial charge in [-0.3, -0.25) is 29.4 Å². The normalized spacial score (nSPS) is 16.5. The lowest BCUT2D eigenvalue weighted by Gasteiger charge is -2.32. The number of fused-ring (bicyclic) bond motifs is 1. The molecule has 2 aliphatic rings. The van der Waals surface area contributed by atoms with Crippen molar-refractivity contribution in [2.45, 2.75) is 38.0 Å². The maximum absolute atomic E-state index is 15.0. The number of likely N-dealkylation sites (tertiary alicyclic amines) is 1. The van der Waals surface area contributed by atoms with Gasteiger partial charge in [0.15, 0.2) is 0 Å². The minimum atomic E-state index is -4.57. The highest BCUT2D eigenvalue weighted by Gasteiger charge is 2.31. The van der Waals surface area contributed by atoms with Crippen molar-refractivity contribution in [1.82, 2.24) is 20.0 Å². The molecule has 2 saturated heterocycles. The number of urea groups is 1. The van der Waals surface area contributed by atoms with Gasteiger partial charge in [-0.1, -0.05) is 12.1 Å². The van der Waals surface area contributed by atoms with E-state index in [9.17, 15) is 27.6 Å². The zero-order valence-corrected chi connectivity index (χ0v) is 24.7. The van der Waals surface area contributed by atoms with Crippen LogP contribution in [0.15, 0.2) is 60.8 Å². The molecule has 0 unspecified atom stereocenters. The highest BCUT2D eigenvalue weighted by Crippen LogP contribution is 2.34. The third-order valence-electron chi connectivity index (χ3n) is 8.27. The lowest BCUT2D eigenvalue weighted by atomic mass is 10.0. The molecule has 46 heavy (non-hydrogen) atoms. The van der Waals surface area contributed by atoms with Crippen LogP contribution in [-0.2, 0) is 17.5 Å². The van der Waals surface area contributed by atoms with Crippen LogP contribution in [0.5, 0.6) is 5.75 Å². The first-order chi connectivity index (χ1) is 22.0. The van der Waals surface area contributed by atoms with Gasteiger partial charge in [-0.2, -0.15) is 18.3 Å². The van der Waals surface area contributed by atoms with Crippen LogP contribution in [0.4, 0.5) is 33.7 Å². The van der Waals surface area contributed by atoms with Crippen molar-refractivity contribution < 1.29 is 36.7 Å². The molecule has 0 spiro atoms. The number of nitrogens with zero attached hydrogens (tertiary/aromatic N) is 4. The van der Waals surface area contributed by atoms with Gasteiger partial charge in [0.2, 0.25) is 5.91 Å². The summed E-state index contributed by atoms with van der Waals surface area (Å²) in [6, 6.07) is 11.7. The van der Waals surface area contributed by atoms with Crippen molar-refractivity contribution in [2.75, 3.05) is 37.0 Å². The van der Waals surface area contributed by atoms with Crippen LogP contribution in [0.2, 0.25) is 0 Å². The smallest absolute Gasteiger partial charge is 0.416 e. The van der Waals surface area contributed by atoms with E-state index >= 15 is 4.39 Å². The van der Waals surface area contributed by atoms with Crippen LogP contribution in [0, 0.1) is 5.82 Å². The number of halogens is 4. The van der Waals surface area contributed by atoms with Crippen molar-refractivity contribution in [3.05, 3.63) is 83.3 Å². The first-order valence-electron chi connectivity index (χ1n) is 14.7. The number of nitrogens with one attached hydrogen (secondary N) is 2. The molecular formula is C32H30F4N6O4. The number of aromatic nitrogens is 2. The average Bonchev–Trinajstić information content (AvgIpc) is 3.44. The molecule has 2 N–H and O–H groups in total. The highest BCUT2D eigenvalue weighted by atomic mass is 19.4. The molecule has 1 aromatic heterocycles. The van der Waals surface area contributed by atoms with Gasteiger partial charge in [-0.05, 0) is 49.2 Å². The first kappa shape index (κ1) is 31.0. The molecule has 240 valence electrons. The van der Waals surface area contributed by atoms with E-state index in [-0.39, 0.29) is 30.5 Å². The minimum Gasteiger partial charge on any atom is -0.494 e. The number of ether oxygens (including phenoxy) is 1. The Bertz CT molecular complexity index is 1820. The van der Waals surface area contributed by atoms with Gasteiger partial charge < -0.3 is 10.1 Å². The van der Waals surface area contributed by atoms with Gasteiger partial charge in [0.05, 0.1) is 29.9 Å². The standard InChI is InChI=1S/C32H30F4N6O4/c1-46-28-16-26-21(14-27(28)37-30(44)19-3-2-4-22(13-19)32(34,35)36)18-42(39-26)23-7-10-40(11-8-23)17-20-5-6-24(15-25(20)33)41-12-9-29(43)38-31(41)45/h2-6,13-16,18,23H,7-12,17H2,1H3,(H,37,44)(H,38,43,45). The summed E-state index contributed by atoms with van der Waals surface area (Å²) in [6.07, 6.45) is -1.04. The van der Waals surface area contributed by atoms with Gasteiger partial charge in [-0.15, -0.1) is 0 Å². The van der Waals surface area contributed by atoms with Crippen LogP contribution >= 0.6 is 0 Å². The topological polar surface area (TPSA) is 109 Å². The molecule has 4 aromatic rings. The second-order valence-electron chi connectivity index (χ2n) is 11.3. The van der Waals surface area contributed by atoms with E-state index in [1.807, 2.05) is 10.9 Å². The number of piperidine rings is 1. The summed E-state index contributed by atoms with van der Waals surface area (Å²) in [5.41, 5.74) is 0.779. The van der Waals surface area contributed by atoms with Gasteiger partial charge in [-0.25, -0.2) is 9.18 Å². The third kappa shape index (κ3) is 6.52. The van der Waals surface area contributed by atoms with E-state index in [1.54, 1.807) is 24.3 Å². The van der Waals surface area contributed by atoms with E-state index in [0.717, 1.165) is 30.4 Å². The molecule has 0 atom stereocenters. The first-order valence-corrected chi connectivity index (χ1v) is 14.7. The van der Waals surface area contributed by atoms with Crippen LogP contribution in [0.3, 0.4) is 0 Å². The zero-order valence-electron chi connectivity index (χ0n) is 24.7. The number of carbonyl (C=O) groups is 3. The number of hydrogen-bond donors (Lipinski definition) is 2. The van der Waals surface area contributed by atoms with Crippen LogP contribution in [0.25, 0.3) is 10.9 Å². The van der Waals surface area contributed by atoms with E-state index < -0.39 is 29.5 Å². The summed E-state index contributed by atoms with van der Waals surface area (Å²) in [6.45, 7) is 1.99. The fourth-order valence-corrected chi connectivity index (χ4v) is 5.78. The molecule has 2 aliphatic heterocycles. The number of amides is 4.